The summed E-state index contributed by atoms with van der Waals surface area (Å²) in [4.78, 5) is 72.9. The summed E-state index contributed by atoms with van der Waals surface area (Å²) in [6, 6.07) is 0. The molecule has 582 valence electrons. The normalized spacial score (nSPS) is 13.9. The molecule has 0 aromatic carbocycles. The van der Waals surface area contributed by atoms with Crippen LogP contribution in [-0.2, 0) is 65.4 Å². The lowest BCUT2D eigenvalue weighted by molar-refractivity contribution is -0.161. The van der Waals surface area contributed by atoms with E-state index < -0.39 is 97.5 Å². The lowest BCUT2D eigenvalue weighted by Gasteiger charge is -2.21. The number of carbonyl (C=O) groups excluding carboxylic acids is 4. The maximum atomic E-state index is 13.1. The molecule has 0 spiro atoms. The van der Waals surface area contributed by atoms with Gasteiger partial charge in [-0.05, 0) is 37.5 Å². The molecule has 2 unspecified atom stereocenters. The number of phosphoric acid groups is 2. The maximum Gasteiger partial charge on any atom is 0.472 e. The molecule has 0 amide bonds. The van der Waals surface area contributed by atoms with Gasteiger partial charge in [-0.15, -0.1) is 0 Å². The third-order valence-corrected chi connectivity index (χ3v) is 20.4. The van der Waals surface area contributed by atoms with Crippen LogP contribution in [0.3, 0.4) is 0 Å². The first-order chi connectivity index (χ1) is 47.4. The Bertz CT molecular complexity index is 1890. The van der Waals surface area contributed by atoms with E-state index in [1.807, 2.05) is 0 Å². The molecule has 0 aromatic heterocycles. The van der Waals surface area contributed by atoms with Gasteiger partial charge in [0.15, 0.2) is 12.2 Å². The number of carbonyl (C=O) groups is 4. The number of ether oxygens (including phenoxy) is 4. The fourth-order valence-corrected chi connectivity index (χ4v) is 13.8. The Labute approximate surface area is 600 Å². The van der Waals surface area contributed by atoms with Crippen LogP contribution in [-0.4, -0.2) is 96.7 Å². The van der Waals surface area contributed by atoms with Gasteiger partial charge >= 0.3 is 39.5 Å². The number of rotatable bonds is 78. The summed E-state index contributed by atoms with van der Waals surface area (Å²) < 4.78 is 68.6. The van der Waals surface area contributed by atoms with Gasteiger partial charge < -0.3 is 33.8 Å². The van der Waals surface area contributed by atoms with Crippen LogP contribution >= 0.6 is 15.6 Å². The second-order valence-corrected chi connectivity index (χ2v) is 32.3. The predicted molar refractivity (Wildman–Crippen MR) is 400 cm³/mol. The predicted octanol–water partition coefficient (Wildman–Crippen LogP) is 23.5. The Balaban J connectivity index is 5.21. The third-order valence-electron chi connectivity index (χ3n) is 18.5. The zero-order chi connectivity index (χ0) is 72.1. The SMILES string of the molecule is CCCCCCCCCCCCCCCCCCCC(=O)OC[C@H](COP(=O)(O)OC[C@@H](O)COP(=O)(O)OC[C@@H](COC(=O)CCCCCCCCCC)OC(=O)CCCCCCCCCCCCCC(C)C)OC(=O)CCCCCCCCCCCCCCCCCCC(C)C. The van der Waals surface area contributed by atoms with Gasteiger partial charge in [-0.2, -0.15) is 0 Å². The third kappa shape index (κ3) is 72.4. The molecule has 0 saturated carbocycles. The standard InChI is InChI=1S/C79H154O17P2/c1-7-9-11-13-15-17-18-19-20-21-25-28-33-38-44-50-56-62-77(82)90-68-75(96-78(83)63-57-51-45-39-34-29-26-23-22-24-27-31-36-41-47-53-59-71(3)4)70-94-98(87,88)92-66-73(80)65-91-97(85,86)93-69-74(67-89-76(81)61-55-49-43-16-14-12-10-8-2)95-79(84)64-58-52-46-40-35-30-32-37-42-48-54-60-72(5)6/h71-75,80H,7-70H2,1-6H3,(H,85,86)(H,87,88)/t73-,74+,75+/m0/s1. The molecule has 0 rings (SSSR count). The molecule has 0 aliphatic rings. The minimum Gasteiger partial charge on any atom is -0.462 e. The van der Waals surface area contributed by atoms with Crippen molar-refractivity contribution in [1.82, 2.24) is 0 Å². The van der Waals surface area contributed by atoms with E-state index in [0.29, 0.717) is 25.7 Å². The fourth-order valence-electron chi connectivity index (χ4n) is 12.2. The van der Waals surface area contributed by atoms with Gasteiger partial charge in [0, 0.05) is 25.7 Å². The van der Waals surface area contributed by atoms with Crippen LogP contribution in [0.1, 0.15) is 414 Å². The summed E-state index contributed by atoms with van der Waals surface area (Å²) >= 11 is 0. The van der Waals surface area contributed by atoms with Crippen LogP contribution in [0, 0.1) is 11.8 Å². The van der Waals surface area contributed by atoms with Crippen molar-refractivity contribution in [2.75, 3.05) is 39.6 Å². The largest absolute Gasteiger partial charge is 0.472 e. The monoisotopic (exact) mass is 1440 g/mol. The smallest absolute Gasteiger partial charge is 0.462 e. The Morgan fingerprint density at radius 2 is 0.469 bits per heavy atom. The van der Waals surface area contributed by atoms with Gasteiger partial charge in [0.05, 0.1) is 26.4 Å². The molecule has 17 nitrogen and oxygen atoms in total. The number of aliphatic hydroxyl groups excluding tert-OH is 1. The Kier molecular flexibility index (Phi) is 69.3. The molecule has 0 heterocycles. The van der Waals surface area contributed by atoms with Crippen molar-refractivity contribution in [1.29, 1.82) is 0 Å². The number of aliphatic hydroxyl groups is 1. The van der Waals surface area contributed by atoms with E-state index in [9.17, 15) is 43.2 Å². The average Bonchev–Trinajstić information content (AvgIpc) is 1.28. The lowest BCUT2D eigenvalue weighted by atomic mass is 10.0. The van der Waals surface area contributed by atoms with Crippen LogP contribution in [0.15, 0.2) is 0 Å². The fraction of sp³-hybridized carbons (Fsp3) is 0.949. The number of phosphoric ester groups is 2. The second-order valence-electron chi connectivity index (χ2n) is 29.4. The van der Waals surface area contributed by atoms with Gasteiger partial charge in [0.1, 0.15) is 19.3 Å². The van der Waals surface area contributed by atoms with Crippen LogP contribution in [0.4, 0.5) is 0 Å². The van der Waals surface area contributed by atoms with Crippen molar-refractivity contribution in [3.05, 3.63) is 0 Å². The van der Waals surface area contributed by atoms with Crippen LogP contribution < -0.4 is 0 Å². The summed E-state index contributed by atoms with van der Waals surface area (Å²) in [5.74, 6) is -0.538. The zero-order valence-electron chi connectivity index (χ0n) is 64.1. The van der Waals surface area contributed by atoms with Crippen molar-refractivity contribution in [3.63, 3.8) is 0 Å². The van der Waals surface area contributed by atoms with Gasteiger partial charge in [-0.3, -0.25) is 37.3 Å². The lowest BCUT2D eigenvalue weighted by Crippen LogP contribution is -2.30. The molecule has 0 saturated heterocycles. The molecule has 0 aliphatic heterocycles. The van der Waals surface area contributed by atoms with Gasteiger partial charge in [0.25, 0.3) is 0 Å². The molecule has 0 aliphatic carbocycles. The first-order valence-electron chi connectivity index (χ1n) is 41.0. The molecule has 0 radical (unpaired) electrons. The molecule has 0 bridgehead atoms. The average molecular weight is 1440 g/mol. The Morgan fingerprint density at radius 1 is 0.276 bits per heavy atom. The topological polar surface area (TPSA) is 237 Å². The summed E-state index contributed by atoms with van der Waals surface area (Å²) in [7, 11) is -9.91. The number of esters is 4. The molecule has 19 heteroatoms. The van der Waals surface area contributed by atoms with Gasteiger partial charge in [-0.1, -0.05) is 363 Å². The number of hydrogen-bond donors (Lipinski definition) is 3. The molecule has 3 N–H and O–H groups in total. The first kappa shape index (κ1) is 96.1. The van der Waals surface area contributed by atoms with E-state index >= 15 is 0 Å². The quantitative estimate of drug-likeness (QED) is 0.0222. The number of hydrogen-bond acceptors (Lipinski definition) is 15. The summed E-state index contributed by atoms with van der Waals surface area (Å²) in [5.41, 5.74) is 0. The minimum atomic E-state index is -4.96. The molecule has 0 fully saturated rings. The summed E-state index contributed by atoms with van der Waals surface area (Å²) in [6.07, 6.45) is 59.7. The zero-order valence-corrected chi connectivity index (χ0v) is 65.9. The van der Waals surface area contributed by atoms with E-state index in [-0.39, 0.29) is 25.7 Å². The molecular weight excluding hydrogens is 1280 g/mol. The maximum absolute atomic E-state index is 13.1. The van der Waals surface area contributed by atoms with E-state index in [2.05, 4.69) is 41.5 Å². The van der Waals surface area contributed by atoms with E-state index in [1.54, 1.807) is 0 Å². The summed E-state index contributed by atoms with van der Waals surface area (Å²) in [5, 5.41) is 10.6. The molecular formula is C79H154O17P2. The van der Waals surface area contributed by atoms with Crippen LogP contribution in [0.2, 0.25) is 0 Å². The Morgan fingerprint density at radius 3 is 0.694 bits per heavy atom. The highest BCUT2D eigenvalue weighted by Crippen LogP contribution is 2.45. The van der Waals surface area contributed by atoms with Crippen molar-refractivity contribution < 1.29 is 80.2 Å². The summed E-state index contributed by atoms with van der Waals surface area (Å²) in [6.45, 7) is 9.63. The highest BCUT2D eigenvalue weighted by molar-refractivity contribution is 7.47. The van der Waals surface area contributed by atoms with Crippen molar-refractivity contribution in [2.45, 2.75) is 432 Å². The van der Waals surface area contributed by atoms with Crippen LogP contribution in [0.25, 0.3) is 0 Å². The van der Waals surface area contributed by atoms with E-state index in [4.69, 9.17) is 37.0 Å². The highest BCUT2D eigenvalue weighted by Gasteiger charge is 2.30. The second kappa shape index (κ2) is 70.7. The van der Waals surface area contributed by atoms with Gasteiger partial charge in [0.2, 0.25) is 0 Å². The van der Waals surface area contributed by atoms with Crippen LogP contribution in [0.5, 0.6) is 0 Å². The van der Waals surface area contributed by atoms with E-state index in [1.165, 1.54) is 225 Å². The van der Waals surface area contributed by atoms with Crippen molar-refractivity contribution in [3.8, 4) is 0 Å². The van der Waals surface area contributed by atoms with Crippen molar-refractivity contribution in [2.24, 2.45) is 11.8 Å². The minimum absolute atomic E-state index is 0.106. The highest BCUT2D eigenvalue weighted by atomic mass is 31.2. The molecule has 98 heavy (non-hydrogen) atoms. The molecule has 5 atom stereocenters. The van der Waals surface area contributed by atoms with Gasteiger partial charge in [-0.25, -0.2) is 9.13 Å². The van der Waals surface area contributed by atoms with E-state index in [0.717, 1.165) is 108 Å². The first-order valence-corrected chi connectivity index (χ1v) is 44.0. The number of unbranched alkanes of at least 4 members (excludes halogenated alkanes) is 48. The van der Waals surface area contributed by atoms with Crippen molar-refractivity contribution >= 4 is 39.5 Å². The Hall–Kier alpha value is -1.94. The molecule has 0 aromatic rings.